The Balaban J connectivity index is 0. The highest BCUT2D eigenvalue weighted by Gasteiger charge is 2.34. The van der Waals surface area contributed by atoms with Crippen LogP contribution in [0.4, 0.5) is 0 Å². The van der Waals surface area contributed by atoms with Gasteiger partial charge in [0, 0.05) is 0 Å². The van der Waals surface area contributed by atoms with E-state index in [4.69, 9.17) is 4.74 Å². The summed E-state index contributed by atoms with van der Waals surface area (Å²) in [5.74, 6) is 1.81. The molecule has 1 aliphatic heterocycles. The third-order valence-electron chi connectivity index (χ3n) is 3.42. The molecule has 1 saturated heterocycles. The number of carbonyl (C=O) groups excluding carboxylic acids is 1. The minimum absolute atomic E-state index is 0.0133. The fourth-order valence-corrected chi connectivity index (χ4v) is 2.28. The summed E-state index contributed by atoms with van der Waals surface area (Å²) in [5, 5.41) is 3.27. The van der Waals surface area contributed by atoms with E-state index in [0.717, 1.165) is 18.8 Å². The van der Waals surface area contributed by atoms with Crippen molar-refractivity contribution in [1.82, 2.24) is 5.32 Å². The third-order valence-corrected chi connectivity index (χ3v) is 3.42. The first-order chi connectivity index (χ1) is 10.3. The molecule has 1 unspecified atom stereocenters. The van der Waals surface area contributed by atoms with Crippen LogP contribution in [0, 0.1) is 17.8 Å². The van der Waals surface area contributed by atoms with Crippen LogP contribution in [0.1, 0.15) is 81.6 Å². The van der Waals surface area contributed by atoms with Crippen molar-refractivity contribution >= 4 is 5.97 Å². The van der Waals surface area contributed by atoms with Crippen molar-refractivity contribution in [3.63, 3.8) is 0 Å². The predicted octanol–water partition coefficient (Wildman–Crippen LogP) is 5.04. The van der Waals surface area contributed by atoms with E-state index in [1.54, 1.807) is 0 Å². The van der Waals surface area contributed by atoms with E-state index in [0.29, 0.717) is 5.92 Å². The van der Waals surface area contributed by atoms with E-state index in [-0.39, 0.29) is 17.5 Å². The van der Waals surface area contributed by atoms with Crippen LogP contribution in [0.5, 0.6) is 0 Å². The number of esters is 1. The molecule has 1 heterocycles. The number of nitrogens with one attached hydrogen (secondary N) is 1. The summed E-state index contributed by atoms with van der Waals surface area (Å²) in [5.41, 5.74) is -0.324. The Morgan fingerprint density at radius 1 is 1.00 bits per heavy atom. The highest BCUT2D eigenvalue weighted by molar-refractivity contribution is 5.73. The van der Waals surface area contributed by atoms with Gasteiger partial charge in [-0.3, -0.25) is 4.79 Å². The highest BCUT2D eigenvalue weighted by atomic mass is 16.6. The first-order valence-electron chi connectivity index (χ1n) is 9.21. The predicted molar refractivity (Wildman–Crippen MR) is 97.1 cm³/mol. The number of hydrogen-bond acceptors (Lipinski definition) is 3. The highest BCUT2D eigenvalue weighted by Crippen LogP contribution is 2.34. The number of rotatable bonds is 1. The van der Waals surface area contributed by atoms with Crippen molar-refractivity contribution in [2.45, 2.75) is 87.2 Å². The summed E-state index contributed by atoms with van der Waals surface area (Å²) in [7, 11) is 0. The molecule has 134 valence electrons. The second kappa shape index (κ2) is 12.9. The van der Waals surface area contributed by atoms with Crippen LogP contribution in [0.15, 0.2) is 0 Å². The van der Waals surface area contributed by atoms with E-state index in [1.807, 2.05) is 48.5 Å². The third kappa shape index (κ3) is 12.0. The van der Waals surface area contributed by atoms with Crippen molar-refractivity contribution in [1.29, 1.82) is 0 Å². The zero-order valence-electron chi connectivity index (χ0n) is 16.6. The molecule has 2 aliphatic rings. The molecule has 2 fully saturated rings. The zero-order valence-corrected chi connectivity index (χ0v) is 16.6. The molecule has 0 spiro atoms. The largest absolute Gasteiger partial charge is 0.460 e. The standard InChI is InChI=1S/C10H18O2.C5H11N.2C2H6/c1-7-5-8(6-7)9(11)12-10(2,3)4;1-5-2-3-6-4-5;2*1-2/h7-8H,5-6H2,1-4H3;5-6H,2-4H2,1H3;2*1-2H3. The molecule has 1 aliphatic carbocycles. The van der Waals surface area contributed by atoms with E-state index in [9.17, 15) is 4.79 Å². The molecule has 2 rings (SSSR count). The quantitative estimate of drug-likeness (QED) is 0.689. The lowest BCUT2D eigenvalue weighted by molar-refractivity contribution is -0.164. The van der Waals surface area contributed by atoms with Gasteiger partial charge in [0.1, 0.15) is 5.60 Å². The fourth-order valence-electron chi connectivity index (χ4n) is 2.28. The lowest BCUT2D eigenvalue weighted by Gasteiger charge is -2.33. The van der Waals surface area contributed by atoms with E-state index >= 15 is 0 Å². The van der Waals surface area contributed by atoms with Gasteiger partial charge in [-0.2, -0.15) is 0 Å². The Morgan fingerprint density at radius 3 is 1.73 bits per heavy atom. The second-order valence-corrected chi connectivity index (χ2v) is 6.90. The number of carbonyl (C=O) groups is 1. The van der Waals surface area contributed by atoms with Crippen LogP contribution in [-0.4, -0.2) is 24.7 Å². The Labute approximate surface area is 139 Å². The van der Waals surface area contributed by atoms with Crippen LogP contribution in [0.2, 0.25) is 0 Å². The molecule has 3 nitrogen and oxygen atoms in total. The van der Waals surface area contributed by atoms with Gasteiger partial charge >= 0.3 is 5.97 Å². The molecule has 0 amide bonds. The maximum absolute atomic E-state index is 11.4. The summed E-state index contributed by atoms with van der Waals surface area (Å²) >= 11 is 0. The summed E-state index contributed by atoms with van der Waals surface area (Å²) < 4.78 is 5.25. The molecule has 0 radical (unpaired) electrons. The minimum atomic E-state index is -0.324. The topological polar surface area (TPSA) is 38.3 Å². The zero-order chi connectivity index (χ0) is 17.8. The van der Waals surface area contributed by atoms with Gasteiger partial charge in [-0.05, 0) is 65.0 Å². The Hall–Kier alpha value is -0.570. The van der Waals surface area contributed by atoms with Gasteiger partial charge < -0.3 is 10.1 Å². The summed E-state index contributed by atoms with van der Waals surface area (Å²) in [4.78, 5) is 11.4. The van der Waals surface area contributed by atoms with E-state index < -0.39 is 0 Å². The summed E-state index contributed by atoms with van der Waals surface area (Å²) in [6, 6.07) is 0. The first kappa shape index (κ1) is 23.7. The molecule has 0 aromatic rings. The second-order valence-electron chi connectivity index (χ2n) is 6.90. The summed E-state index contributed by atoms with van der Waals surface area (Å²) in [6.07, 6.45) is 3.39. The average molecular weight is 316 g/mol. The van der Waals surface area contributed by atoms with Gasteiger partial charge in [0.15, 0.2) is 0 Å². The van der Waals surface area contributed by atoms with Gasteiger partial charge in [0.25, 0.3) is 0 Å². The molecule has 0 aromatic heterocycles. The number of hydrogen-bond donors (Lipinski definition) is 1. The lowest BCUT2D eigenvalue weighted by Crippen LogP contribution is -2.35. The van der Waals surface area contributed by atoms with Gasteiger partial charge in [0.05, 0.1) is 5.92 Å². The molecular formula is C19H41NO2. The Kier molecular flexibility index (Phi) is 13.9. The van der Waals surface area contributed by atoms with E-state index in [1.165, 1.54) is 19.5 Å². The smallest absolute Gasteiger partial charge is 0.309 e. The molecule has 0 aromatic carbocycles. The van der Waals surface area contributed by atoms with Crippen molar-refractivity contribution < 1.29 is 9.53 Å². The van der Waals surface area contributed by atoms with Crippen molar-refractivity contribution in [3.05, 3.63) is 0 Å². The molecule has 0 bridgehead atoms. The van der Waals surface area contributed by atoms with Crippen molar-refractivity contribution in [2.75, 3.05) is 13.1 Å². The van der Waals surface area contributed by atoms with Gasteiger partial charge in [-0.15, -0.1) is 0 Å². The first-order valence-corrected chi connectivity index (χ1v) is 9.21. The fraction of sp³-hybridized carbons (Fsp3) is 0.947. The Bertz CT molecular complexity index is 259. The molecule has 1 atom stereocenters. The van der Waals surface area contributed by atoms with E-state index in [2.05, 4.69) is 19.2 Å². The normalized spacial score (nSPS) is 26.0. The summed E-state index contributed by atoms with van der Waals surface area (Å²) in [6.45, 7) is 20.6. The molecular weight excluding hydrogens is 274 g/mol. The van der Waals surface area contributed by atoms with Crippen LogP contribution >= 0.6 is 0 Å². The monoisotopic (exact) mass is 315 g/mol. The maximum Gasteiger partial charge on any atom is 0.309 e. The Morgan fingerprint density at radius 2 is 1.50 bits per heavy atom. The molecule has 3 heteroatoms. The van der Waals surface area contributed by atoms with Crippen LogP contribution in [0.3, 0.4) is 0 Å². The lowest BCUT2D eigenvalue weighted by atomic mass is 9.76. The molecule has 1 saturated carbocycles. The number of ether oxygens (including phenoxy) is 1. The van der Waals surface area contributed by atoms with Crippen LogP contribution < -0.4 is 5.32 Å². The maximum atomic E-state index is 11.4. The van der Waals surface area contributed by atoms with Crippen molar-refractivity contribution in [2.24, 2.45) is 17.8 Å². The van der Waals surface area contributed by atoms with Gasteiger partial charge in [-0.1, -0.05) is 41.5 Å². The van der Waals surface area contributed by atoms with Crippen molar-refractivity contribution in [3.8, 4) is 0 Å². The van der Waals surface area contributed by atoms with Crippen LogP contribution in [-0.2, 0) is 9.53 Å². The SMILES string of the molecule is CC.CC.CC1CC(C(=O)OC(C)(C)C)C1.CC1CCNC1. The van der Waals surface area contributed by atoms with Gasteiger partial charge in [0.2, 0.25) is 0 Å². The average Bonchev–Trinajstić information content (AvgIpc) is 2.90. The minimum Gasteiger partial charge on any atom is -0.460 e. The molecule has 22 heavy (non-hydrogen) atoms. The molecule has 1 N–H and O–H groups in total. The van der Waals surface area contributed by atoms with Gasteiger partial charge in [-0.25, -0.2) is 0 Å². The van der Waals surface area contributed by atoms with Crippen LogP contribution in [0.25, 0.3) is 0 Å².